The zero-order valence-electron chi connectivity index (χ0n) is 17.9. The fraction of sp³-hybridized carbons (Fsp3) is 0.357. The summed E-state index contributed by atoms with van der Waals surface area (Å²) in [6.07, 6.45) is 9.17. The molecule has 0 radical (unpaired) electrons. The molecular formula is C28H33F. The summed E-state index contributed by atoms with van der Waals surface area (Å²) in [6, 6.07) is 23.0. The lowest BCUT2D eigenvalue weighted by molar-refractivity contribution is 0.599. The molecule has 3 rings (SSSR count). The van der Waals surface area contributed by atoms with Crippen molar-refractivity contribution in [2.75, 3.05) is 0 Å². The molecule has 0 unspecified atom stereocenters. The summed E-state index contributed by atoms with van der Waals surface area (Å²) in [5.41, 5.74) is 6.67. The van der Waals surface area contributed by atoms with Crippen molar-refractivity contribution in [1.29, 1.82) is 0 Å². The number of aryl methyl sites for hydroxylation is 2. The summed E-state index contributed by atoms with van der Waals surface area (Å²) in [4.78, 5) is 0. The minimum atomic E-state index is -0.0821. The van der Waals surface area contributed by atoms with Crippen LogP contribution in [0.4, 0.5) is 4.39 Å². The van der Waals surface area contributed by atoms with Gasteiger partial charge >= 0.3 is 0 Å². The first-order valence-corrected chi connectivity index (χ1v) is 11.2. The Morgan fingerprint density at radius 1 is 0.552 bits per heavy atom. The van der Waals surface area contributed by atoms with Crippen molar-refractivity contribution in [3.8, 4) is 22.3 Å². The lowest BCUT2D eigenvalue weighted by Crippen LogP contribution is -1.92. The molecule has 152 valence electrons. The van der Waals surface area contributed by atoms with Crippen molar-refractivity contribution in [3.05, 3.63) is 83.7 Å². The van der Waals surface area contributed by atoms with E-state index in [4.69, 9.17) is 0 Å². The Labute approximate surface area is 175 Å². The van der Waals surface area contributed by atoms with Gasteiger partial charge in [0.15, 0.2) is 0 Å². The highest BCUT2D eigenvalue weighted by Crippen LogP contribution is 2.27. The van der Waals surface area contributed by atoms with Crippen LogP contribution in [0.1, 0.15) is 63.5 Å². The van der Waals surface area contributed by atoms with Crippen LogP contribution in [0.15, 0.2) is 66.7 Å². The fourth-order valence-corrected chi connectivity index (χ4v) is 3.79. The molecule has 0 aliphatic rings. The van der Waals surface area contributed by atoms with Crippen LogP contribution in [0.2, 0.25) is 0 Å². The SMILES string of the molecule is CCCCCc1ccc(-c2ccc(-c3ccc(CCCCC)c(F)c3)cc2)cc1. The Morgan fingerprint density at radius 2 is 1.03 bits per heavy atom. The molecule has 0 fully saturated rings. The van der Waals surface area contributed by atoms with Gasteiger partial charge in [0.1, 0.15) is 5.82 Å². The molecule has 0 heterocycles. The summed E-state index contributed by atoms with van der Waals surface area (Å²) >= 11 is 0. The molecule has 0 bridgehead atoms. The van der Waals surface area contributed by atoms with Crippen LogP contribution in [-0.4, -0.2) is 0 Å². The molecule has 3 aromatic rings. The minimum absolute atomic E-state index is 0.0821. The third-order valence-electron chi connectivity index (χ3n) is 5.68. The van der Waals surface area contributed by atoms with Crippen molar-refractivity contribution in [2.45, 2.75) is 65.2 Å². The number of benzene rings is 3. The van der Waals surface area contributed by atoms with E-state index >= 15 is 0 Å². The van der Waals surface area contributed by atoms with E-state index in [1.165, 1.54) is 36.0 Å². The standard InChI is InChI=1S/C28H33F/c1-3-5-7-9-22-11-13-23(14-12-22)24-15-17-25(18-16-24)27-20-19-26(28(29)21-27)10-8-6-4-2/h11-21H,3-10H2,1-2H3. The molecule has 0 N–H and O–H groups in total. The van der Waals surface area contributed by atoms with Gasteiger partial charge in [0.2, 0.25) is 0 Å². The summed E-state index contributed by atoms with van der Waals surface area (Å²) < 4.78 is 14.5. The molecule has 0 aliphatic carbocycles. The second-order valence-corrected chi connectivity index (χ2v) is 7.99. The lowest BCUT2D eigenvalue weighted by atomic mass is 9.97. The van der Waals surface area contributed by atoms with Gasteiger partial charge < -0.3 is 0 Å². The van der Waals surface area contributed by atoms with Crippen LogP contribution in [-0.2, 0) is 12.8 Å². The van der Waals surface area contributed by atoms with Crippen molar-refractivity contribution < 1.29 is 4.39 Å². The molecule has 0 saturated heterocycles. The second-order valence-electron chi connectivity index (χ2n) is 7.99. The van der Waals surface area contributed by atoms with Gasteiger partial charge in [0.25, 0.3) is 0 Å². The maximum Gasteiger partial charge on any atom is 0.127 e. The van der Waals surface area contributed by atoms with Gasteiger partial charge in [-0.3, -0.25) is 0 Å². The quantitative estimate of drug-likeness (QED) is 0.305. The van der Waals surface area contributed by atoms with E-state index in [2.05, 4.69) is 62.4 Å². The summed E-state index contributed by atoms with van der Waals surface area (Å²) in [6.45, 7) is 4.41. The van der Waals surface area contributed by atoms with Crippen molar-refractivity contribution in [1.82, 2.24) is 0 Å². The molecule has 0 saturated carbocycles. The largest absolute Gasteiger partial charge is 0.207 e. The number of hydrogen-bond donors (Lipinski definition) is 0. The van der Waals surface area contributed by atoms with E-state index < -0.39 is 0 Å². The Kier molecular flexibility index (Phi) is 8.04. The van der Waals surface area contributed by atoms with Crippen LogP contribution in [0, 0.1) is 5.82 Å². The third kappa shape index (κ3) is 6.03. The fourth-order valence-electron chi connectivity index (χ4n) is 3.79. The summed E-state index contributed by atoms with van der Waals surface area (Å²) in [7, 11) is 0. The maximum absolute atomic E-state index is 14.5. The molecule has 3 aromatic carbocycles. The zero-order valence-corrected chi connectivity index (χ0v) is 17.9. The third-order valence-corrected chi connectivity index (χ3v) is 5.68. The van der Waals surface area contributed by atoms with Crippen molar-refractivity contribution in [3.63, 3.8) is 0 Å². The Hall–Kier alpha value is -2.41. The topological polar surface area (TPSA) is 0 Å². The smallest absolute Gasteiger partial charge is 0.127 e. The van der Waals surface area contributed by atoms with Crippen LogP contribution in [0.25, 0.3) is 22.3 Å². The van der Waals surface area contributed by atoms with Gasteiger partial charge in [-0.2, -0.15) is 0 Å². The molecule has 0 spiro atoms. The molecule has 29 heavy (non-hydrogen) atoms. The van der Waals surface area contributed by atoms with Crippen LogP contribution in [0.3, 0.4) is 0 Å². The normalized spacial score (nSPS) is 11.0. The zero-order chi connectivity index (χ0) is 20.5. The van der Waals surface area contributed by atoms with Crippen molar-refractivity contribution >= 4 is 0 Å². The van der Waals surface area contributed by atoms with Crippen LogP contribution >= 0.6 is 0 Å². The van der Waals surface area contributed by atoms with E-state index in [0.717, 1.165) is 48.8 Å². The van der Waals surface area contributed by atoms with Crippen LogP contribution in [0.5, 0.6) is 0 Å². The van der Waals surface area contributed by atoms with Gasteiger partial charge in [0, 0.05) is 0 Å². The van der Waals surface area contributed by atoms with Gasteiger partial charge in [0.05, 0.1) is 0 Å². The van der Waals surface area contributed by atoms with E-state index in [-0.39, 0.29) is 5.82 Å². The van der Waals surface area contributed by atoms with E-state index in [1.54, 1.807) is 6.07 Å². The Balaban J connectivity index is 1.67. The highest BCUT2D eigenvalue weighted by Gasteiger charge is 2.06. The number of halogens is 1. The van der Waals surface area contributed by atoms with E-state index in [0.29, 0.717) is 0 Å². The minimum Gasteiger partial charge on any atom is -0.207 e. The Bertz CT molecular complexity index is 875. The van der Waals surface area contributed by atoms with Gasteiger partial charge in [-0.15, -0.1) is 0 Å². The lowest BCUT2D eigenvalue weighted by Gasteiger charge is -2.08. The maximum atomic E-state index is 14.5. The van der Waals surface area contributed by atoms with Crippen molar-refractivity contribution in [2.24, 2.45) is 0 Å². The highest BCUT2D eigenvalue weighted by molar-refractivity contribution is 5.70. The molecule has 1 heteroatoms. The predicted molar refractivity (Wildman–Crippen MR) is 124 cm³/mol. The average molecular weight is 389 g/mol. The molecule has 0 atom stereocenters. The molecule has 0 amide bonds. The second kappa shape index (κ2) is 11.0. The monoisotopic (exact) mass is 388 g/mol. The predicted octanol–water partition coefficient (Wildman–Crippen LogP) is 8.63. The first-order valence-electron chi connectivity index (χ1n) is 11.2. The van der Waals surface area contributed by atoms with Crippen LogP contribution < -0.4 is 0 Å². The van der Waals surface area contributed by atoms with E-state index in [9.17, 15) is 4.39 Å². The average Bonchev–Trinajstić information content (AvgIpc) is 2.76. The number of unbranched alkanes of at least 4 members (excludes halogenated alkanes) is 4. The number of hydrogen-bond acceptors (Lipinski definition) is 0. The van der Waals surface area contributed by atoms with Gasteiger partial charge in [-0.1, -0.05) is 100 Å². The molecular weight excluding hydrogens is 355 g/mol. The highest BCUT2D eigenvalue weighted by atomic mass is 19.1. The first kappa shape index (κ1) is 21.3. The molecule has 0 nitrogen and oxygen atoms in total. The molecule has 0 aromatic heterocycles. The summed E-state index contributed by atoms with van der Waals surface area (Å²) in [5, 5.41) is 0. The number of rotatable bonds is 10. The molecule has 0 aliphatic heterocycles. The Morgan fingerprint density at radius 3 is 1.59 bits per heavy atom. The first-order chi connectivity index (χ1) is 14.2. The van der Waals surface area contributed by atoms with E-state index in [1.807, 2.05) is 12.1 Å². The van der Waals surface area contributed by atoms with Gasteiger partial charge in [-0.25, -0.2) is 4.39 Å². The summed E-state index contributed by atoms with van der Waals surface area (Å²) in [5.74, 6) is -0.0821. The van der Waals surface area contributed by atoms with Gasteiger partial charge in [-0.05, 0) is 65.1 Å².